The predicted molar refractivity (Wildman–Crippen MR) is 100 cm³/mol. The number of halogens is 1. The Balaban J connectivity index is 0.00000338. The number of amides is 1. The van der Waals surface area contributed by atoms with Crippen LogP contribution in [0.4, 0.5) is 5.69 Å². The molecule has 0 radical (unpaired) electrons. The second kappa shape index (κ2) is 10.2. The van der Waals surface area contributed by atoms with E-state index in [0.29, 0.717) is 36.1 Å². The van der Waals surface area contributed by atoms with Gasteiger partial charge in [0.2, 0.25) is 5.91 Å². The van der Waals surface area contributed by atoms with E-state index in [-0.39, 0.29) is 29.9 Å². The van der Waals surface area contributed by atoms with E-state index in [2.05, 4.69) is 17.6 Å². The number of carbonyl (C=O) groups is 1. The molecule has 146 valence electrons. The molecule has 0 saturated carbocycles. The zero-order valence-corrected chi connectivity index (χ0v) is 16.1. The molecular weight excluding hydrogens is 362 g/mol. The number of nitrogens with zero attached hydrogens (tertiary/aromatic N) is 1. The molecule has 1 aromatic carbocycles. The van der Waals surface area contributed by atoms with Crippen LogP contribution in [0.1, 0.15) is 25.3 Å². The van der Waals surface area contributed by atoms with Crippen molar-refractivity contribution in [3.8, 4) is 11.5 Å². The van der Waals surface area contributed by atoms with Gasteiger partial charge in [0.1, 0.15) is 0 Å². The summed E-state index contributed by atoms with van der Waals surface area (Å²) in [6, 6.07) is 3.27. The number of rotatable bonds is 7. The molecule has 2 atom stereocenters. The summed E-state index contributed by atoms with van der Waals surface area (Å²) in [5, 5.41) is 17.5. The van der Waals surface area contributed by atoms with Crippen molar-refractivity contribution in [1.82, 2.24) is 10.6 Å². The molecule has 2 N–H and O–H groups in total. The molecule has 1 aliphatic rings. The van der Waals surface area contributed by atoms with Gasteiger partial charge in [0, 0.05) is 24.1 Å². The van der Waals surface area contributed by atoms with Crippen LogP contribution >= 0.6 is 12.4 Å². The largest absolute Gasteiger partial charge is 0.493 e. The standard InChI is InChI=1S/C17H25N3O5.ClH/c1-11-8-13(5-6-18-11)17(21)19-7-4-12-9-15(24-2)16(25-3)10-14(12)20(22)23;/h9-11,13,18H,4-8H2,1-3H3,(H,19,21);1H/t11-,13-;/m0./s1. The van der Waals surface area contributed by atoms with Crippen LogP contribution in [-0.4, -0.2) is 44.2 Å². The van der Waals surface area contributed by atoms with Crippen LogP contribution in [0.5, 0.6) is 11.5 Å². The van der Waals surface area contributed by atoms with Gasteiger partial charge < -0.3 is 20.1 Å². The Morgan fingerprint density at radius 1 is 1.35 bits per heavy atom. The molecule has 2 rings (SSSR count). The summed E-state index contributed by atoms with van der Waals surface area (Å²) < 4.78 is 10.3. The van der Waals surface area contributed by atoms with Crippen molar-refractivity contribution in [2.45, 2.75) is 32.2 Å². The highest BCUT2D eigenvalue weighted by Gasteiger charge is 2.25. The summed E-state index contributed by atoms with van der Waals surface area (Å²) in [4.78, 5) is 23.1. The molecule has 1 heterocycles. The van der Waals surface area contributed by atoms with Crippen molar-refractivity contribution in [3.05, 3.63) is 27.8 Å². The second-order valence-corrected chi connectivity index (χ2v) is 6.21. The quantitative estimate of drug-likeness (QED) is 0.548. The molecule has 1 aliphatic heterocycles. The summed E-state index contributed by atoms with van der Waals surface area (Å²) in [6.45, 7) is 3.24. The number of piperidine rings is 1. The van der Waals surface area contributed by atoms with Crippen LogP contribution in [0.15, 0.2) is 12.1 Å². The summed E-state index contributed by atoms with van der Waals surface area (Å²) in [5.74, 6) is 0.750. The van der Waals surface area contributed by atoms with Crippen molar-refractivity contribution < 1.29 is 19.2 Å². The van der Waals surface area contributed by atoms with Gasteiger partial charge in [-0.3, -0.25) is 14.9 Å². The number of carbonyl (C=O) groups excluding carboxylic acids is 1. The lowest BCUT2D eigenvalue weighted by molar-refractivity contribution is -0.385. The number of benzene rings is 1. The molecule has 8 nitrogen and oxygen atoms in total. The third kappa shape index (κ3) is 5.47. The highest BCUT2D eigenvalue weighted by Crippen LogP contribution is 2.34. The van der Waals surface area contributed by atoms with Crippen LogP contribution < -0.4 is 20.1 Å². The minimum absolute atomic E-state index is 0. The molecule has 9 heteroatoms. The number of hydrogen-bond acceptors (Lipinski definition) is 6. The highest BCUT2D eigenvalue weighted by molar-refractivity contribution is 5.85. The molecule has 1 amide bonds. The Morgan fingerprint density at radius 3 is 2.58 bits per heavy atom. The van der Waals surface area contributed by atoms with E-state index >= 15 is 0 Å². The van der Waals surface area contributed by atoms with Crippen molar-refractivity contribution in [2.24, 2.45) is 5.92 Å². The fourth-order valence-corrected chi connectivity index (χ4v) is 3.12. The lowest BCUT2D eigenvalue weighted by atomic mass is 9.92. The lowest BCUT2D eigenvalue weighted by Gasteiger charge is -2.27. The van der Waals surface area contributed by atoms with Gasteiger partial charge in [-0.15, -0.1) is 12.4 Å². The first-order chi connectivity index (χ1) is 12.0. The molecule has 1 saturated heterocycles. The maximum absolute atomic E-state index is 12.3. The van der Waals surface area contributed by atoms with Crippen LogP contribution in [0.3, 0.4) is 0 Å². The molecule has 1 fully saturated rings. The van der Waals surface area contributed by atoms with Crippen LogP contribution in [0, 0.1) is 16.0 Å². The van der Waals surface area contributed by atoms with Gasteiger partial charge in [-0.2, -0.15) is 0 Å². The fourth-order valence-electron chi connectivity index (χ4n) is 3.12. The smallest absolute Gasteiger partial charge is 0.276 e. The Bertz CT molecular complexity index is 641. The molecule has 0 aromatic heterocycles. The first-order valence-electron chi connectivity index (χ1n) is 8.36. The summed E-state index contributed by atoms with van der Waals surface area (Å²) in [6.07, 6.45) is 1.97. The average molecular weight is 388 g/mol. The summed E-state index contributed by atoms with van der Waals surface area (Å²) in [5.41, 5.74) is 0.462. The minimum atomic E-state index is -0.451. The van der Waals surface area contributed by atoms with E-state index in [1.165, 1.54) is 20.3 Å². The topological polar surface area (TPSA) is 103 Å². The molecule has 0 unspecified atom stereocenters. The Labute approximate surface area is 159 Å². The third-order valence-corrected chi connectivity index (χ3v) is 4.47. The SMILES string of the molecule is COc1cc(CCNC(=O)[C@H]2CCN[C@@H](C)C2)c([N+](=O)[O-])cc1OC.Cl. The predicted octanol–water partition coefficient (Wildman–Crippen LogP) is 2.08. The van der Waals surface area contributed by atoms with E-state index in [1.807, 2.05) is 0 Å². The van der Waals surface area contributed by atoms with E-state index in [0.717, 1.165) is 19.4 Å². The van der Waals surface area contributed by atoms with Gasteiger partial charge in [0.25, 0.3) is 5.69 Å². The Morgan fingerprint density at radius 2 is 2.00 bits per heavy atom. The Kier molecular flexibility index (Phi) is 8.60. The second-order valence-electron chi connectivity index (χ2n) is 6.21. The van der Waals surface area contributed by atoms with Crippen molar-refractivity contribution in [3.63, 3.8) is 0 Å². The third-order valence-electron chi connectivity index (χ3n) is 4.47. The summed E-state index contributed by atoms with van der Waals surface area (Å²) >= 11 is 0. The first-order valence-corrected chi connectivity index (χ1v) is 8.36. The molecule has 1 aromatic rings. The van der Waals surface area contributed by atoms with Crippen molar-refractivity contribution in [2.75, 3.05) is 27.3 Å². The number of nitro benzene ring substituents is 1. The van der Waals surface area contributed by atoms with E-state index in [9.17, 15) is 14.9 Å². The van der Waals surface area contributed by atoms with E-state index < -0.39 is 4.92 Å². The Hall–Kier alpha value is -2.06. The monoisotopic (exact) mass is 387 g/mol. The number of ether oxygens (including phenoxy) is 2. The van der Waals surface area contributed by atoms with Gasteiger partial charge in [-0.1, -0.05) is 0 Å². The van der Waals surface area contributed by atoms with Crippen LogP contribution in [-0.2, 0) is 11.2 Å². The normalized spacial score (nSPS) is 19.2. The molecule has 26 heavy (non-hydrogen) atoms. The zero-order valence-electron chi connectivity index (χ0n) is 15.2. The number of nitro groups is 1. The van der Waals surface area contributed by atoms with Gasteiger partial charge in [0.05, 0.1) is 25.2 Å². The zero-order chi connectivity index (χ0) is 18.4. The van der Waals surface area contributed by atoms with Gasteiger partial charge >= 0.3 is 0 Å². The van der Waals surface area contributed by atoms with Gasteiger partial charge in [-0.25, -0.2) is 0 Å². The fraction of sp³-hybridized carbons (Fsp3) is 0.588. The summed E-state index contributed by atoms with van der Waals surface area (Å²) in [7, 11) is 2.91. The number of nitrogens with one attached hydrogen (secondary N) is 2. The lowest BCUT2D eigenvalue weighted by Crippen LogP contribution is -2.42. The molecule has 0 aliphatic carbocycles. The van der Waals surface area contributed by atoms with E-state index in [1.54, 1.807) is 6.07 Å². The van der Waals surface area contributed by atoms with Crippen LogP contribution in [0.2, 0.25) is 0 Å². The average Bonchev–Trinajstić information content (AvgIpc) is 2.60. The van der Waals surface area contributed by atoms with Crippen molar-refractivity contribution in [1.29, 1.82) is 0 Å². The van der Waals surface area contributed by atoms with E-state index in [4.69, 9.17) is 9.47 Å². The highest BCUT2D eigenvalue weighted by atomic mass is 35.5. The molecule has 0 bridgehead atoms. The molecule has 0 spiro atoms. The number of hydrogen-bond donors (Lipinski definition) is 2. The first kappa shape index (κ1) is 22.0. The molecular formula is C17H26ClN3O5. The van der Waals surface area contributed by atoms with Crippen LogP contribution in [0.25, 0.3) is 0 Å². The van der Waals surface area contributed by atoms with Gasteiger partial charge in [0.15, 0.2) is 11.5 Å². The maximum Gasteiger partial charge on any atom is 0.276 e. The number of methoxy groups -OCH3 is 2. The van der Waals surface area contributed by atoms with Gasteiger partial charge in [-0.05, 0) is 38.8 Å². The van der Waals surface area contributed by atoms with Crippen molar-refractivity contribution >= 4 is 24.0 Å². The minimum Gasteiger partial charge on any atom is -0.493 e. The maximum atomic E-state index is 12.3.